The first-order valence-corrected chi connectivity index (χ1v) is 5.52. The summed E-state index contributed by atoms with van der Waals surface area (Å²) >= 11 is 0. The highest BCUT2D eigenvalue weighted by Crippen LogP contribution is 2.31. The number of carbonyl (C=O) groups excluding carboxylic acids is 1. The first-order valence-electron chi connectivity index (χ1n) is 5.52. The van der Waals surface area contributed by atoms with Gasteiger partial charge in [-0.15, -0.1) is 13.2 Å². The lowest BCUT2D eigenvalue weighted by Gasteiger charge is -2.16. The van der Waals surface area contributed by atoms with Gasteiger partial charge in [0, 0.05) is 12.1 Å². The molecule has 0 aromatic carbocycles. The van der Waals surface area contributed by atoms with Crippen LogP contribution in [0.5, 0.6) is 11.6 Å². The van der Waals surface area contributed by atoms with Crippen LogP contribution in [-0.2, 0) is 11.3 Å². The van der Waals surface area contributed by atoms with Crippen molar-refractivity contribution in [1.29, 1.82) is 0 Å². The van der Waals surface area contributed by atoms with Gasteiger partial charge in [-0.25, -0.2) is 9.78 Å². The second-order valence-electron chi connectivity index (χ2n) is 3.46. The molecule has 1 rings (SSSR count). The van der Waals surface area contributed by atoms with Crippen LogP contribution in [0.3, 0.4) is 0 Å². The van der Waals surface area contributed by atoms with Crippen LogP contribution in [0.15, 0.2) is 6.20 Å². The minimum atomic E-state index is -4.95. The Kier molecular flexibility index (Phi) is 5.14. The molecule has 9 heteroatoms. The first kappa shape index (κ1) is 16.0. The number of pyridine rings is 1. The number of alkyl halides is 3. The number of halogens is 3. The van der Waals surface area contributed by atoms with Gasteiger partial charge < -0.3 is 19.9 Å². The summed E-state index contributed by atoms with van der Waals surface area (Å²) in [6, 6.07) is 0. The van der Waals surface area contributed by atoms with Gasteiger partial charge in [-0.3, -0.25) is 0 Å². The number of methoxy groups -OCH3 is 1. The van der Waals surface area contributed by atoms with E-state index in [1.54, 1.807) is 6.92 Å². The standard InChI is InChI=1S/C11H13F3N2O4/c1-3-19-10(17)8-6(4-15)9(20-11(12,13)14)16-5-7(8)18-2/h5H,3-4,15H2,1-2H3. The highest BCUT2D eigenvalue weighted by atomic mass is 19.4. The van der Waals surface area contributed by atoms with Crippen molar-refractivity contribution in [2.45, 2.75) is 19.8 Å². The summed E-state index contributed by atoms with van der Waals surface area (Å²) in [4.78, 5) is 15.3. The molecule has 6 nitrogen and oxygen atoms in total. The maximum atomic E-state index is 12.3. The SMILES string of the molecule is CCOC(=O)c1c(OC)cnc(OC(F)(F)F)c1CN. The Balaban J connectivity index is 3.36. The Morgan fingerprint density at radius 2 is 2.10 bits per heavy atom. The van der Waals surface area contributed by atoms with Crippen molar-refractivity contribution in [3.63, 3.8) is 0 Å². The lowest BCUT2D eigenvalue weighted by molar-refractivity contribution is -0.276. The second kappa shape index (κ2) is 6.42. The number of hydrogen-bond acceptors (Lipinski definition) is 6. The molecule has 0 aliphatic carbocycles. The van der Waals surface area contributed by atoms with Crippen LogP contribution in [0.25, 0.3) is 0 Å². The van der Waals surface area contributed by atoms with Crippen molar-refractivity contribution in [2.24, 2.45) is 5.73 Å². The van der Waals surface area contributed by atoms with E-state index in [1.165, 1.54) is 7.11 Å². The van der Waals surface area contributed by atoms with E-state index in [0.29, 0.717) is 0 Å². The molecule has 0 fully saturated rings. The number of nitrogens with zero attached hydrogens (tertiary/aromatic N) is 1. The van der Waals surface area contributed by atoms with Crippen LogP contribution >= 0.6 is 0 Å². The smallest absolute Gasteiger partial charge is 0.494 e. The number of esters is 1. The summed E-state index contributed by atoms with van der Waals surface area (Å²) in [7, 11) is 1.24. The quantitative estimate of drug-likeness (QED) is 0.831. The summed E-state index contributed by atoms with van der Waals surface area (Å²) in [5.41, 5.74) is 4.91. The average Bonchev–Trinajstić information content (AvgIpc) is 2.36. The molecule has 0 atom stereocenters. The Hall–Kier alpha value is -2.03. The highest BCUT2D eigenvalue weighted by molar-refractivity contribution is 5.94. The molecular formula is C11H13F3N2O4. The topological polar surface area (TPSA) is 83.7 Å². The third-order valence-corrected chi connectivity index (χ3v) is 2.22. The fourth-order valence-electron chi connectivity index (χ4n) is 1.48. The summed E-state index contributed by atoms with van der Waals surface area (Å²) in [5, 5.41) is 0. The van der Waals surface area contributed by atoms with Crippen LogP contribution in [0.2, 0.25) is 0 Å². The van der Waals surface area contributed by atoms with E-state index >= 15 is 0 Å². The molecule has 112 valence electrons. The van der Waals surface area contributed by atoms with E-state index in [4.69, 9.17) is 15.2 Å². The molecule has 0 unspecified atom stereocenters. The van der Waals surface area contributed by atoms with Crippen molar-refractivity contribution in [3.8, 4) is 11.6 Å². The van der Waals surface area contributed by atoms with Gasteiger partial charge in [0.25, 0.3) is 0 Å². The van der Waals surface area contributed by atoms with Crippen LogP contribution in [-0.4, -0.2) is 31.0 Å². The van der Waals surface area contributed by atoms with Crippen molar-refractivity contribution in [1.82, 2.24) is 4.98 Å². The van der Waals surface area contributed by atoms with E-state index in [1.807, 2.05) is 0 Å². The van der Waals surface area contributed by atoms with Crippen LogP contribution in [0.4, 0.5) is 13.2 Å². The summed E-state index contributed by atoms with van der Waals surface area (Å²) in [6.07, 6.45) is -4.01. The van der Waals surface area contributed by atoms with Gasteiger partial charge in [-0.05, 0) is 6.92 Å². The maximum Gasteiger partial charge on any atom is 0.574 e. The van der Waals surface area contributed by atoms with Gasteiger partial charge in [0.15, 0.2) is 5.75 Å². The molecular weight excluding hydrogens is 281 g/mol. The van der Waals surface area contributed by atoms with Gasteiger partial charge in [-0.2, -0.15) is 0 Å². The van der Waals surface area contributed by atoms with Crippen molar-refractivity contribution < 1.29 is 32.2 Å². The molecule has 0 aliphatic heterocycles. The number of aromatic nitrogens is 1. The van der Waals surface area contributed by atoms with E-state index in [9.17, 15) is 18.0 Å². The zero-order valence-corrected chi connectivity index (χ0v) is 10.8. The van der Waals surface area contributed by atoms with E-state index in [0.717, 1.165) is 6.20 Å². The van der Waals surface area contributed by atoms with Crippen molar-refractivity contribution in [3.05, 3.63) is 17.3 Å². The van der Waals surface area contributed by atoms with Crippen LogP contribution in [0.1, 0.15) is 22.8 Å². The molecule has 0 radical (unpaired) electrons. The van der Waals surface area contributed by atoms with Gasteiger partial charge >= 0.3 is 12.3 Å². The molecule has 0 amide bonds. The number of hydrogen-bond donors (Lipinski definition) is 1. The molecule has 1 aromatic heterocycles. The van der Waals surface area contributed by atoms with E-state index in [2.05, 4.69) is 9.72 Å². The molecule has 20 heavy (non-hydrogen) atoms. The van der Waals surface area contributed by atoms with Crippen LogP contribution < -0.4 is 15.2 Å². The monoisotopic (exact) mass is 294 g/mol. The highest BCUT2D eigenvalue weighted by Gasteiger charge is 2.34. The van der Waals surface area contributed by atoms with Crippen LogP contribution in [0, 0.1) is 0 Å². The van der Waals surface area contributed by atoms with Gasteiger partial charge in [0.1, 0.15) is 5.56 Å². The second-order valence-corrected chi connectivity index (χ2v) is 3.46. The molecule has 1 aromatic rings. The Morgan fingerprint density at radius 1 is 1.45 bits per heavy atom. The van der Waals surface area contributed by atoms with Gasteiger partial charge in [0.05, 0.1) is 19.9 Å². The third kappa shape index (κ3) is 3.73. The lowest BCUT2D eigenvalue weighted by atomic mass is 10.1. The Bertz CT molecular complexity index is 491. The number of carbonyl (C=O) groups is 1. The van der Waals surface area contributed by atoms with E-state index < -0.39 is 24.8 Å². The molecule has 0 aliphatic rings. The fourth-order valence-corrected chi connectivity index (χ4v) is 1.48. The molecule has 1 heterocycles. The molecule has 0 spiro atoms. The minimum Gasteiger partial charge on any atom is -0.494 e. The average molecular weight is 294 g/mol. The summed E-state index contributed by atoms with van der Waals surface area (Å²) in [5.74, 6) is -1.71. The Labute approximate surface area is 112 Å². The number of ether oxygens (including phenoxy) is 3. The van der Waals surface area contributed by atoms with Gasteiger partial charge in [-0.1, -0.05) is 0 Å². The third-order valence-electron chi connectivity index (χ3n) is 2.22. The fraction of sp³-hybridized carbons (Fsp3) is 0.455. The predicted octanol–water partition coefficient (Wildman–Crippen LogP) is 1.62. The Morgan fingerprint density at radius 3 is 2.55 bits per heavy atom. The molecule has 0 saturated heterocycles. The van der Waals surface area contributed by atoms with Crippen molar-refractivity contribution in [2.75, 3.05) is 13.7 Å². The molecule has 0 saturated carbocycles. The number of rotatable bonds is 5. The normalized spacial score (nSPS) is 11.1. The van der Waals surface area contributed by atoms with Gasteiger partial charge in [0.2, 0.25) is 5.88 Å². The maximum absolute atomic E-state index is 12.3. The zero-order chi connectivity index (χ0) is 15.3. The molecule has 2 N–H and O–H groups in total. The predicted molar refractivity (Wildman–Crippen MR) is 61.3 cm³/mol. The number of nitrogens with two attached hydrogens (primary N) is 1. The van der Waals surface area contributed by atoms with E-state index in [-0.39, 0.29) is 23.5 Å². The zero-order valence-electron chi connectivity index (χ0n) is 10.8. The first-order chi connectivity index (χ1) is 9.34. The molecule has 0 bridgehead atoms. The lowest BCUT2D eigenvalue weighted by Crippen LogP contribution is -2.22. The minimum absolute atomic E-state index is 0.0431. The van der Waals surface area contributed by atoms with Crippen molar-refractivity contribution >= 4 is 5.97 Å². The summed E-state index contributed by atoms with van der Waals surface area (Å²) in [6.45, 7) is 1.20. The largest absolute Gasteiger partial charge is 0.574 e. The summed E-state index contributed by atoms with van der Waals surface area (Å²) < 4.78 is 50.2.